The van der Waals surface area contributed by atoms with Crippen LogP contribution in [0, 0.1) is 0 Å². The minimum Gasteiger partial charge on any atom is -0.480 e. The van der Waals surface area contributed by atoms with Crippen LogP contribution in [-0.4, -0.2) is 26.1 Å². The van der Waals surface area contributed by atoms with E-state index in [1.807, 2.05) is 12.1 Å². The van der Waals surface area contributed by atoms with Gasteiger partial charge in [-0.15, -0.1) is 0 Å². The highest BCUT2D eigenvalue weighted by atomic mass is 79.9. The summed E-state index contributed by atoms with van der Waals surface area (Å²) in [5.41, 5.74) is 1.35. The molecule has 1 aromatic heterocycles. The van der Waals surface area contributed by atoms with Crippen LogP contribution < -0.4 is 0 Å². The lowest BCUT2D eigenvalue weighted by molar-refractivity contribution is -0.140. The van der Waals surface area contributed by atoms with Crippen LogP contribution in [0.15, 0.2) is 22.7 Å². The summed E-state index contributed by atoms with van der Waals surface area (Å²) in [6.07, 6.45) is 0. The van der Waals surface area contributed by atoms with Gasteiger partial charge >= 0.3 is 5.97 Å². The molecule has 6 heteroatoms. The molecule has 15 heavy (non-hydrogen) atoms. The maximum atomic E-state index is 10.7. The average Bonchev–Trinajstić information content (AvgIpc) is 2.61. The highest BCUT2D eigenvalue weighted by molar-refractivity contribution is 9.10. The van der Waals surface area contributed by atoms with Crippen LogP contribution in [0.4, 0.5) is 0 Å². The van der Waals surface area contributed by atoms with E-state index in [4.69, 9.17) is 5.11 Å². The highest BCUT2D eigenvalue weighted by Gasteiger charge is 2.16. The van der Waals surface area contributed by atoms with Crippen molar-refractivity contribution in [2.45, 2.75) is 13.0 Å². The fourth-order valence-electron chi connectivity index (χ4n) is 1.19. The molecule has 0 fully saturated rings. The second kappa shape index (κ2) is 3.62. The smallest absolute Gasteiger partial charge is 0.330 e. The third kappa shape index (κ3) is 1.72. The van der Waals surface area contributed by atoms with Crippen molar-refractivity contribution in [2.24, 2.45) is 0 Å². The van der Waals surface area contributed by atoms with Crippen LogP contribution in [0.5, 0.6) is 0 Å². The Hall–Kier alpha value is -1.43. The van der Waals surface area contributed by atoms with Gasteiger partial charge < -0.3 is 5.11 Å². The number of fused-ring (bicyclic) bond motifs is 1. The molecule has 0 bridgehead atoms. The molecular weight excluding hydrogens is 262 g/mol. The molecule has 0 aliphatic rings. The highest BCUT2D eigenvalue weighted by Crippen LogP contribution is 2.21. The zero-order valence-electron chi connectivity index (χ0n) is 7.88. The largest absolute Gasteiger partial charge is 0.480 e. The molecule has 2 aromatic rings. The first-order valence-corrected chi connectivity index (χ1v) is 5.13. The quantitative estimate of drug-likeness (QED) is 0.904. The van der Waals surface area contributed by atoms with Crippen LogP contribution in [-0.2, 0) is 4.79 Å². The number of rotatable bonds is 2. The third-order valence-corrected chi connectivity index (χ3v) is 2.72. The summed E-state index contributed by atoms with van der Waals surface area (Å²) in [5.74, 6) is -0.952. The van der Waals surface area contributed by atoms with Crippen molar-refractivity contribution in [1.29, 1.82) is 0 Å². The summed E-state index contributed by atoms with van der Waals surface area (Å²) >= 11 is 3.33. The van der Waals surface area contributed by atoms with E-state index >= 15 is 0 Å². The van der Waals surface area contributed by atoms with E-state index in [1.54, 1.807) is 6.07 Å². The average molecular weight is 270 g/mol. The summed E-state index contributed by atoms with van der Waals surface area (Å²) < 4.78 is 0.809. The number of carbonyl (C=O) groups is 1. The van der Waals surface area contributed by atoms with Gasteiger partial charge in [-0.3, -0.25) is 0 Å². The molecule has 1 N–H and O–H groups in total. The molecule has 1 heterocycles. The van der Waals surface area contributed by atoms with Gasteiger partial charge in [0.15, 0.2) is 6.04 Å². The van der Waals surface area contributed by atoms with E-state index in [-0.39, 0.29) is 0 Å². The van der Waals surface area contributed by atoms with Crippen LogP contribution in [0.1, 0.15) is 13.0 Å². The minimum absolute atomic E-state index is 0.672. The fourth-order valence-corrected chi connectivity index (χ4v) is 1.63. The summed E-state index contributed by atoms with van der Waals surface area (Å²) in [6.45, 7) is 1.54. The summed E-state index contributed by atoms with van der Waals surface area (Å²) in [6, 6.07) is 4.70. The Morgan fingerprint density at radius 2 is 2.27 bits per heavy atom. The Kier molecular flexibility index (Phi) is 2.44. The van der Waals surface area contributed by atoms with Crippen molar-refractivity contribution in [1.82, 2.24) is 15.0 Å². The molecule has 78 valence electrons. The molecule has 0 amide bonds. The summed E-state index contributed by atoms with van der Waals surface area (Å²) in [5, 5.41) is 17.0. The first-order chi connectivity index (χ1) is 7.09. The van der Waals surface area contributed by atoms with Gasteiger partial charge in [-0.25, -0.2) is 4.79 Å². The monoisotopic (exact) mass is 269 g/mol. The molecule has 0 aliphatic heterocycles. The van der Waals surface area contributed by atoms with Gasteiger partial charge in [0.1, 0.15) is 11.0 Å². The Morgan fingerprint density at radius 3 is 2.87 bits per heavy atom. The summed E-state index contributed by atoms with van der Waals surface area (Å²) in [4.78, 5) is 12.0. The predicted octanol–water partition coefficient (Wildman–Crippen LogP) is 1.84. The molecule has 0 aliphatic carbocycles. The Balaban J connectivity index is 2.56. The molecule has 0 radical (unpaired) electrons. The van der Waals surface area contributed by atoms with Gasteiger partial charge in [0.25, 0.3) is 0 Å². The van der Waals surface area contributed by atoms with Crippen LogP contribution in [0.2, 0.25) is 0 Å². The number of hydrogen-bond acceptors (Lipinski definition) is 3. The normalized spacial score (nSPS) is 12.9. The Morgan fingerprint density at radius 1 is 1.53 bits per heavy atom. The number of aliphatic carboxylic acids is 1. The Labute approximate surface area is 93.8 Å². The molecule has 0 saturated heterocycles. The SMILES string of the molecule is C[C@@H](C(=O)O)n1nc2cccc(Br)c2n1. The molecule has 2 rings (SSSR count). The van der Waals surface area contributed by atoms with Gasteiger partial charge in [0, 0.05) is 4.47 Å². The molecule has 1 atom stereocenters. The molecule has 0 unspecified atom stereocenters. The van der Waals surface area contributed by atoms with Crippen LogP contribution >= 0.6 is 15.9 Å². The topological polar surface area (TPSA) is 68.0 Å². The number of benzene rings is 1. The lowest BCUT2D eigenvalue weighted by atomic mass is 10.3. The number of carboxylic acid groups (broad SMARTS) is 1. The van der Waals surface area contributed by atoms with E-state index in [0.29, 0.717) is 11.0 Å². The molecule has 5 nitrogen and oxygen atoms in total. The zero-order valence-corrected chi connectivity index (χ0v) is 9.47. The first kappa shape index (κ1) is 10.1. The van der Waals surface area contributed by atoms with Crippen molar-refractivity contribution in [3.05, 3.63) is 22.7 Å². The van der Waals surface area contributed by atoms with E-state index < -0.39 is 12.0 Å². The number of halogens is 1. The van der Waals surface area contributed by atoms with Crippen molar-refractivity contribution < 1.29 is 9.90 Å². The van der Waals surface area contributed by atoms with E-state index in [9.17, 15) is 4.79 Å². The van der Waals surface area contributed by atoms with Crippen LogP contribution in [0.25, 0.3) is 11.0 Å². The number of carboxylic acids is 1. The van der Waals surface area contributed by atoms with Crippen molar-refractivity contribution in [3.8, 4) is 0 Å². The van der Waals surface area contributed by atoms with Gasteiger partial charge in [-0.2, -0.15) is 15.0 Å². The van der Waals surface area contributed by atoms with E-state index in [2.05, 4.69) is 26.1 Å². The third-order valence-electron chi connectivity index (χ3n) is 2.08. The van der Waals surface area contributed by atoms with Gasteiger partial charge in [-0.1, -0.05) is 6.07 Å². The number of hydrogen-bond donors (Lipinski definition) is 1. The molecule has 0 spiro atoms. The Bertz CT molecular complexity index is 523. The molecule has 1 aromatic carbocycles. The summed E-state index contributed by atoms with van der Waals surface area (Å²) in [7, 11) is 0. The predicted molar refractivity (Wildman–Crippen MR) is 57.6 cm³/mol. The van der Waals surface area contributed by atoms with Crippen LogP contribution in [0.3, 0.4) is 0 Å². The zero-order chi connectivity index (χ0) is 11.0. The maximum Gasteiger partial charge on any atom is 0.330 e. The standard InChI is InChI=1S/C9H8BrN3O2/c1-5(9(14)15)13-11-7-4-2-3-6(10)8(7)12-13/h2-5H,1H3,(H,14,15)/t5-/m0/s1. The van der Waals surface area contributed by atoms with Crippen molar-refractivity contribution >= 4 is 32.9 Å². The van der Waals surface area contributed by atoms with Crippen molar-refractivity contribution in [2.75, 3.05) is 0 Å². The lowest BCUT2D eigenvalue weighted by Gasteiger charge is -2.02. The van der Waals surface area contributed by atoms with E-state index in [1.165, 1.54) is 11.7 Å². The second-order valence-electron chi connectivity index (χ2n) is 3.14. The van der Waals surface area contributed by atoms with Gasteiger partial charge in [0.05, 0.1) is 0 Å². The van der Waals surface area contributed by atoms with Gasteiger partial charge in [0.2, 0.25) is 0 Å². The lowest BCUT2D eigenvalue weighted by Crippen LogP contribution is -2.17. The fraction of sp³-hybridized carbons (Fsp3) is 0.222. The molecular formula is C9H8BrN3O2. The first-order valence-electron chi connectivity index (χ1n) is 4.33. The second-order valence-corrected chi connectivity index (χ2v) is 4.00. The maximum absolute atomic E-state index is 10.7. The van der Waals surface area contributed by atoms with Crippen molar-refractivity contribution in [3.63, 3.8) is 0 Å². The molecule has 0 saturated carbocycles. The number of aromatic nitrogens is 3. The minimum atomic E-state index is -0.952. The van der Waals surface area contributed by atoms with E-state index in [0.717, 1.165) is 4.47 Å². The van der Waals surface area contributed by atoms with Gasteiger partial charge in [-0.05, 0) is 35.0 Å². The number of nitrogens with zero attached hydrogens (tertiary/aromatic N) is 3.